The Hall–Kier alpha value is -1.32. The number of hydrogen-bond acceptors (Lipinski definition) is 3. The molecule has 4 nitrogen and oxygen atoms in total. The van der Waals surface area contributed by atoms with Crippen LogP contribution in [0.1, 0.15) is 0 Å². The molecule has 9 heavy (non-hydrogen) atoms. The van der Waals surface area contributed by atoms with Gasteiger partial charge in [0.2, 0.25) is 0 Å². The predicted molar refractivity (Wildman–Crippen MR) is 29.3 cm³/mol. The molecule has 0 saturated carbocycles. The van der Waals surface area contributed by atoms with E-state index >= 15 is 0 Å². The van der Waals surface area contributed by atoms with Gasteiger partial charge >= 0.3 is 5.97 Å². The number of esters is 1. The molecule has 0 aromatic rings. The van der Waals surface area contributed by atoms with Gasteiger partial charge in [0.15, 0.2) is 6.61 Å². The molecule has 49 valence electrons. The number of amides is 1. The molecule has 0 aromatic carbocycles. The van der Waals surface area contributed by atoms with E-state index in [2.05, 4.69) is 11.3 Å². The van der Waals surface area contributed by atoms with Crippen LogP contribution >= 0.6 is 0 Å². The van der Waals surface area contributed by atoms with Crippen LogP contribution in [0.4, 0.5) is 0 Å². The van der Waals surface area contributed by atoms with Crippen molar-refractivity contribution in [3.05, 3.63) is 12.7 Å². The van der Waals surface area contributed by atoms with E-state index in [1.807, 2.05) is 0 Å². The number of carbonyl (C=O) groups excluding carboxylic acids is 2. The summed E-state index contributed by atoms with van der Waals surface area (Å²) in [4.78, 5) is 20.0. The average molecular weight is 128 g/mol. The molecule has 0 rings (SSSR count). The normalized spacial score (nSPS) is 8.00. The molecule has 0 aliphatic rings. The van der Waals surface area contributed by atoms with Crippen molar-refractivity contribution in [3.63, 3.8) is 0 Å². The third-order valence-corrected chi connectivity index (χ3v) is 0.512. The quantitative estimate of drug-likeness (QED) is 0.381. The van der Waals surface area contributed by atoms with Crippen molar-refractivity contribution in [3.8, 4) is 0 Å². The van der Waals surface area contributed by atoms with Crippen molar-refractivity contribution in [1.29, 1.82) is 0 Å². The van der Waals surface area contributed by atoms with Crippen LogP contribution in [0.5, 0.6) is 0 Å². The Morgan fingerprint density at radius 1 is 1.67 bits per heavy atom. The highest BCUT2D eigenvalue weighted by Crippen LogP contribution is 1.76. The van der Waals surface area contributed by atoms with Crippen LogP contribution in [-0.2, 0) is 14.3 Å². The largest absolute Gasteiger partial charge is 0.452 e. The molecule has 1 N–H and O–H groups in total. The summed E-state index contributed by atoms with van der Waals surface area (Å²) in [7, 11) is 0. The first-order valence-electron chi connectivity index (χ1n) is 2.20. The lowest BCUT2D eigenvalue weighted by Gasteiger charge is -1.93. The van der Waals surface area contributed by atoms with Crippen molar-refractivity contribution in [1.82, 2.24) is 5.73 Å². The molecule has 1 radical (unpaired) electrons. The van der Waals surface area contributed by atoms with Crippen LogP contribution in [0.3, 0.4) is 0 Å². The highest BCUT2D eigenvalue weighted by atomic mass is 16.5. The topological polar surface area (TPSA) is 67.2 Å². The number of hydrogen-bond donors (Lipinski definition) is 0. The first kappa shape index (κ1) is 7.68. The molecule has 0 aliphatic heterocycles. The SMILES string of the molecule is C=CC(=O)OCC([NH])=O. The fourth-order valence-electron chi connectivity index (χ4n) is 0.196. The summed E-state index contributed by atoms with van der Waals surface area (Å²) in [6.07, 6.45) is 0.933. The van der Waals surface area contributed by atoms with Gasteiger partial charge in [-0.15, -0.1) is 0 Å². The molecular formula is C5H6NO3. The van der Waals surface area contributed by atoms with Gasteiger partial charge in [-0.05, 0) is 0 Å². The number of carbonyl (C=O) groups is 2. The maximum Gasteiger partial charge on any atom is 0.330 e. The molecule has 0 saturated heterocycles. The summed E-state index contributed by atoms with van der Waals surface area (Å²) in [6, 6.07) is 0. The Balaban J connectivity index is 3.39. The zero-order chi connectivity index (χ0) is 7.28. The van der Waals surface area contributed by atoms with Crippen molar-refractivity contribution >= 4 is 11.9 Å². The van der Waals surface area contributed by atoms with Gasteiger partial charge < -0.3 is 4.74 Å². The summed E-state index contributed by atoms with van der Waals surface area (Å²) in [5, 5.41) is 0. The van der Waals surface area contributed by atoms with E-state index in [1.54, 1.807) is 0 Å². The third kappa shape index (κ3) is 4.53. The monoisotopic (exact) mass is 128 g/mol. The summed E-state index contributed by atoms with van der Waals surface area (Å²) < 4.78 is 4.16. The molecule has 4 heteroatoms. The zero-order valence-electron chi connectivity index (χ0n) is 4.72. The van der Waals surface area contributed by atoms with E-state index in [1.165, 1.54) is 0 Å². The summed E-state index contributed by atoms with van der Waals surface area (Å²) in [5.41, 5.74) is 6.30. The van der Waals surface area contributed by atoms with Gasteiger partial charge in [-0.1, -0.05) is 6.58 Å². The van der Waals surface area contributed by atoms with Gasteiger partial charge in [0, 0.05) is 6.08 Å². The minimum Gasteiger partial charge on any atom is -0.452 e. The minimum atomic E-state index is -0.926. The van der Waals surface area contributed by atoms with Crippen LogP contribution in [0.25, 0.3) is 0 Å². The Labute approximate surface area is 52.3 Å². The van der Waals surface area contributed by atoms with Crippen LogP contribution in [-0.4, -0.2) is 18.5 Å². The second-order valence-electron chi connectivity index (χ2n) is 1.24. The Bertz CT molecular complexity index is 141. The smallest absolute Gasteiger partial charge is 0.330 e. The fraction of sp³-hybridized carbons (Fsp3) is 0.200. The van der Waals surface area contributed by atoms with Crippen LogP contribution < -0.4 is 5.73 Å². The third-order valence-electron chi connectivity index (χ3n) is 0.512. The van der Waals surface area contributed by atoms with E-state index in [-0.39, 0.29) is 0 Å². The minimum absolute atomic E-state index is 0.495. The summed E-state index contributed by atoms with van der Waals surface area (Å²) in [6.45, 7) is 2.60. The molecular weight excluding hydrogens is 122 g/mol. The molecule has 1 amide bonds. The van der Waals surface area contributed by atoms with Gasteiger partial charge in [-0.3, -0.25) is 10.5 Å². The van der Waals surface area contributed by atoms with Crippen molar-refractivity contribution < 1.29 is 14.3 Å². The van der Waals surface area contributed by atoms with E-state index in [0.29, 0.717) is 0 Å². The lowest BCUT2D eigenvalue weighted by Crippen LogP contribution is -2.11. The van der Waals surface area contributed by atoms with E-state index in [4.69, 9.17) is 5.73 Å². The molecule has 0 fully saturated rings. The second kappa shape index (κ2) is 3.65. The van der Waals surface area contributed by atoms with Gasteiger partial charge in [-0.2, -0.15) is 0 Å². The number of nitrogens with one attached hydrogen (secondary N) is 1. The average Bonchev–Trinajstić information content (AvgIpc) is 1.83. The maximum atomic E-state index is 10.1. The van der Waals surface area contributed by atoms with Crippen LogP contribution in [0.2, 0.25) is 0 Å². The van der Waals surface area contributed by atoms with Gasteiger partial charge in [0.05, 0.1) is 0 Å². The maximum absolute atomic E-state index is 10.1. The lowest BCUT2D eigenvalue weighted by molar-refractivity contribution is -0.143. The Morgan fingerprint density at radius 2 is 2.22 bits per heavy atom. The number of rotatable bonds is 3. The van der Waals surface area contributed by atoms with Crippen molar-refractivity contribution in [2.75, 3.05) is 6.61 Å². The van der Waals surface area contributed by atoms with Gasteiger partial charge in [-0.25, -0.2) is 4.79 Å². The zero-order valence-corrected chi connectivity index (χ0v) is 4.72. The van der Waals surface area contributed by atoms with E-state index < -0.39 is 18.5 Å². The lowest BCUT2D eigenvalue weighted by atomic mass is 10.6. The van der Waals surface area contributed by atoms with Gasteiger partial charge in [0.1, 0.15) is 0 Å². The van der Waals surface area contributed by atoms with Gasteiger partial charge in [0.25, 0.3) is 5.91 Å². The molecule has 0 atom stereocenters. The fourth-order valence-corrected chi connectivity index (χ4v) is 0.196. The van der Waals surface area contributed by atoms with Crippen molar-refractivity contribution in [2.24, 2.45) is 0 Å². The van der Waals surface area contributed by atoms with Crippen molar-refractivity contribution in [2.45, 2.75) is 0 Å². The molecule has 0 unspecified atom stereocenters. The molecule has 0 heterocycles. The molecule has 0 spiro atoms. The molecule has 0 aromatic heterocycles. The Morgan fingerprint density at radius 3 is 2.56 bits per heavy atom. The predicted octanol–water partition coefficient (Wildman–Crippen LogP) is -0.475. The highest BCUT2D eigenvalue weighted by Gasteiger charge is 1.97. The van der Waals surface area contributed by atoms with E-state index in [0.717, 1.165) is 6.08 Å². The first-order chi connectivity index (χ1) is 4.16. The standard InChI is InChI=1S/C5H6NO3/c1-2-5(8)9-3-4(6)7/h2,6H,1,3H2. The molecule has 0 bridgehead atoms. The first-order valence-corrected chi connectivity index (χ1v) is 2.20. The summed E-state index contributed by atoms with van der Waals surface area (Å²) in [5.74, 6) is -1.61. The second-order valence-corrected chi connectivity index (χ2v) is 1.24. The van der Waals surface area contributed by atoms with Crippen LogP contribution in [0.15, 0.2) is 12.7 Å². The highest BCUT2D eigenvalue weighted by molar-refractivity contribution is 5.84. The molecule has 0 aliphatic carbocycles. The number of ether oxygens (including phenoxy) is 1. The van der Waals surface area contributed by atoms with E-state index in [9.17, 15) is 9.59 Å². The van der Waals surface area contributed by atoms with Crippen LogP contribution in [0, 0.1) is 0 Å². The summed E-state index contributed by atoms with van der Waals surface area (Å²) >= 11 is 0. The Kier molecular flexibility index (Phi) is 3.12.